The van der Waals surface area contributed by atoms with Crippen LogP contribution >= 0.6 is 46.4 Å². The van der Waals surface area contributed by atoms with Gasteiger partial charge < -0.3 is 34.2 Å². The van der Waals surface area contributed by atoms with Crippen LogP contribution in [0.4, 0.5) is 37.7 Å². The first kappa shape index (κ1) is 49.9. The standard InChI is InChI=1S/C20H20Cl2F3N5O3.C19H19Cl2F3N4O3/c1-11-18(22)19(20(23,24)25)27-30(11)10-17(32)29-5-3-28(4-6-29)14-8-16(33-2)13(21)7-12(14)15(31)9-26;1-11-17(21)18(19(22,23)24)25-28(11)9-16(30)27-5-3-26(4-6-27)14-8-15(31-2)13(20)7-12(14)10-29/h7-8,15,31H,3-6,10H2,1-2H3;7-8,10H,3-6,9H2,1-2H3. The first-order valence-corrected chi connectivity index (χ1v) is 20.5. The predicted octanol–water partition coefficient (Wildman–Crippen LogP) is 7.12. The number of methoxy groups -OCH3 is 2. The van der Waals surface area contributed by atoms with E-state index in [0.717, 1.165) is 9.36 Å². The van der Waals surface area contributed by atoms with Crippen molar-refractivity contribution in [3.05, 3.63) is 78.3 Å². The van der Waals surface area contributed by atoms with Crippen LogP contribution in [-0.4, -0.2) is 119 Å². The molecule has 2 aromatic carbocycles. The van der Waals surface area contributed by atoms with Gasteiger partial charge in [-0.15, -0.1) is 0 Å². The number of aliphatic hydroxyl groups excluding tert-OH is 1. The van der Waals surface area contributed by atoms with Crippen molar-refractivity contribution in [3.8, 4) is 17.6 Å². The number of anilines is 2. The molecule has 2 fully saturated rings. The maximum Gasteiger partial charge on any atom is 0.436 e. The van der Waals surface area contributed by atoms with E-state index in [1.54, 1.807) is 18.2 Å². The van der Waals surface area contributed by atoms with Gasteiger partial charge in [0.1, 0.15) is 24.6 Å². The number of amides is 2. The number of hydrogen-bond acceptors (Lipinski definition) is 11. The molecule has 15 nitrogen and oxygen atoms in total. The van der Waals surface area contributed by atoms with Gasteiger partial charge in [-0.05, 0) is 26.0 Å². The second kappa shape index (κ2) is 20.4. The van der Waals surface area contributed by atoms with E-state index in [9.17, 15) is 45.8 Å². The van der Waals surface area contributed by atoms with E-state index in [2.05, 4.69) is 10.2 Å². The summed E-state index contributed by atoms with van der Waals surface area (Å²) in [6.45, 7) is 4.75. The van der Waals surface area contributed by atoms with Crippen molar-refractivity contribution < 1.29 is 55.3 Å². The number of carbonyl (C=O) groups is 3. The number of halogens is 10. The summed E-state index contributed by atoms with van der Waals surface area (Å²) in [5, 5.41) is 25.7. The van der Waals surface area contributed by atoms with Crippen LogP contribution in [0.1, 0.15) is 44.8 Å². The molecule has 0 radical (unpaired) electrons. The summed E-state index contributed by atoms with van der Waals surface area (Å²) >= 11 is 23.7. The minimum Gasteiger partial charge on any atom is -0.495 e. The summed E-state index contributed by atoms with van der Waals surface area (Å²) in [5.74, 6) is 0.00870. The maximum absolute atomic E-state index is 13.0. The van der Waals surface area contributed by atoms with E-state index in [4.69, 9.17) is 61.1 Å². The Labute approximate surface area is 382 Å². The average molecular weight is 986 g/mol. The van der Waals surface area contributed by atoms with E-state index in [1.807, 2.05) is 9.80 Å². The SMILES string of the molecule is COc1cc(N2CCN(C(=O)Cn3nc(C(F)(F)F)c(Cl)c3C)CC2)c(C(O)C#N)cc1Cl.COc1cc(N2CCN(C(=O)Cn3nc(C(F)(F)F)c(Cl)c3C)CC2)c(C=O)cc1Cl. The summed E-state index contributed by atoms with van der Waals surface area (Å²) in [6.07, 6.45) is -10.1. The van der Waals surface area contributed by atoms with E-state index in [0.29, 0.717) is 84.6 Å². The number of ether oxygens (including phenoxy) is 2. The van der Waals surface area contributed by atoms with Gasteiger partial charge in [0, 0.05) is 81.3 Å². The number of aldehydes is 1. The Bertz CT molecular complexity index is 2430. The van der Waals surface area contributed by atoms with Crippen molar-refractivity contribution in [2.24, 2.45) is 0 Å². The van der Waals surface area contributed by atoms with Gasteiger partial charge in [-0.1, -0.05) is 46.4 Å². The molecule has 2 aliphatic rings. The molecule has 0 saturated carbocycles. The number of rotatable bonds is 10. The smallest absolute Gasteiger partial charge is 0.436 e. The van der Waals surface area contributed by atoms with Crippen molar-refractivity contribution in [3.63, 3.8) is 0 Å². The quantitative estimate of drug-likeness (QED) is 0.0979. The molecule has 4 heterocycles. The van der Waals surface area contributed by atoms with Crippen LogP contribution < -0.4 is 19.3 Å². The molecule has 0 aliphatic carbocycles. The van der Waals surface area contributed by atoms with Crippen LogP contribution in [0.15, 0.2) is 24.3 Å². The van der Waals surface area contributed by atoms with Crippen LogP contribution in [0, 0.1) is 25.2 Å². The van der Waals surface area contributed by atoms with Crippen LogP contribution in [0.2, 0.25) is 20.1 Å². The minimum atomic E-state index is -4.72. The molecular formula is C39H39Cl4F6N9O6. The molecule has 6 rings (SSSR count). The highest BCUT2D eigenvalue weighted by atomic mass is 35.5. The van der Waals surface area contributed by atoms with Gasteiger partial charge >= 0.3 is 12.4 Å². The first-order chi connectivity index (χ1) is 30.0. The zero-order valence-electron chi connectivity index (χ0n) is 34.3. The summed E-state index contributed by atoms with van der Waals surface area (Å²) in [6, 6.07) is 8.02. The lowest BCUT2D eigenvalue weighted by Crippen LogP contribution is -2.50. The molecular weight excluding hydrogens is 946 g/mol. The fourth-order valence-corrected chi connectivity index (χ4v) is 7.91. The number of alkyl halides is 6. The fraction of sp³-hybridized carbons (Fsp3) is 0.436. The summed E-state index contributed by atoms with van der Waals surface area (Å²) in [5.41, 5.74) is -0.419. The highest BCUT2D eigenvalue weighted by molar-refractivity contribution is 6.33. The van der Waals surface area contributed by atoms with Crippen molar-refractivity contribution in [2.75, 3.05) is 76.4 Å². The van der Waals surface area contributed by atoms with Crippen LogP contribution in [0.3, 0.4) is 0 Å². The molecule has 1 atom stereocenters. The number of carbonyl (C=O) groups excluding carboxylic acids is 3. The largest absolute Gasteiger partial charge is 0.495 e. The lowest BCUT2D eigenvalue weighted by Gasteiger charge is -2.37. The Kier molecular flexibility index (Phi) is 15.9. The lowest BCUT2D eigenvalue weighted by molar-refractivity contribution is -0.142. The van der Waals surface area contributed by atoms with E-state index in [1.165, 1.54) is 50.0 Å². The third kappa shape index (κ3) is 11.0. The number of nitriles is 1. The first-order valence-electron chi connectivity index (χ1n) is 19.0. The van der Waals surface area contributed by atoms with Gasteiger partial charge in [-0.25, -0.2) is 0 Å². The molecule has 2 amide bonds. The van der Waals surface area contributed by atoms with Crippen LogP contribution in [0.5, 0.6) is 11.5 Å². The normalized spacial score (nSPS) is 15.0. The molecule has 0 spiro atoms. The van der Waals surface area contributed by atoms with Crippen molar-refractivity contribution in [1.29, 1.82) is 5.26 Å². The summed E-state index contributed by atoms with van der Waals surface area (Å²) in [4.78, 5) is 43.6. The van der Waals surface area contributed by atoms with Crippen molar-refractivity contribution >= 4 is 75.9 Å². The molecule has 0 bridgehead atoms. The second-order valence-corrected chi connectivity index (χ2v) is 15.9. The van der Waals surface area contributed by atoms with Gasteiger partial charge in [-0.2, -0.15) is 41.8 Å². The molecule has 2 aromatic heterocycles. The molecule has 4 aromatic rings. The number of benzene rings is 2. The molecule has 1 unspecified atom stereocenters. The predicted molar refractivity (Wildman–Crippen MR) is 224 cm³/mol. The van der Waals surface area contributed by atoms with Crippen LogP contribution in [-0.2, 0) is 35.0 Å². The number of nitrogens with zero attached hydrogens (tertiary/aromatic N) is 9. The van der Waals surface area contributed by atoms with Crippen molar-refractivity contribution in [1.82, 2.24) is 29.4 Å². The number of aromatic nitrogens is 4. The molecule has 2 saturated heterocycles. The van der Waals surface area contributed by atoms with Gasteiger partial charge in [0.25, 0.3) is 0 Å². The van der Waals surface area contributed by atoms with Gasteiger partial charge in [0.2, 0.25) is 11.8 Å². The Balaban J connectivity index is 0.000000241. The van der Waals surface area contributed by atoms with Gasteiger partial charge in [-0.3, -0.25) is 23.7 Å². The number of piperazine rings is 2. The van der Waals surface area contributed by atoms with Gasteiger partial charge in [0.05, 0.1) is 57.5 Å². The molecule has 2 aliphatic heterocycles. The zero-order valence-corrected chi connectivity index (χ0v) is 37.4. The van der Waals surface area contributed by atoms with Crippen LogP contribution in [0.25, 0.3) is 0 Å². The molecule has 346 valence electrons. The van der Waals surface area contributed by atoms with E-state index in [-0.39, 0.29) is 48.5 Å². The molecule has 25 heteroatoms. The van der Waals surface area contributed by atoms with Gasteiger partial charge in [0.15, 0.2) is 23.8 Å². The summed E-state index contributed by atoms with van der Waals surface area (Å²) < 4.78 is 90.3. The molecule has 64 heavy (non-hydrogen) atoms. The number of hydrogen-bond donors (Lipinski definition) is 1. The fourth-order valence-electron chi connectivity index (χ4n) is 6.93. The Morgan fingerprint density at radius 3 is 1.48 bits per heavy atom. The zero-order chi connectivity index (χ0) is 47.4. The Morgan fingerprint density at radius 1 is 0.734 bits per heavy atom. The third-order valence-electron chi connectivity index (χ3n) is 10.5. The van der Waals surface area contributed by atoms with E-state index >= 15 is 0 Å². The minimum absolute atomic E-state index is 0.0550. The van der Waals surface area contributed by atoms with E-state index < -0.39 is 45.8 Å². The maximum atomic E-state index is 13.0. The lowest BCUT2D eigenvalue weighted by atomic mass is 10.1. The topological polar surface area (TPSA) is 162 Å². The van der Waals surface area contributed by atoms with Crippen molar-refractivity contribution in [2.45, 2.75) is 45.4 Å². The molecule has 1 N–H and O–H groups in total. The third-order valence-corrected chi connectivity index (χ3v) is 12.0. The second-order valence-electron chi connectivity index (χ2n) is 14.3. The summed E-state index contributed by atoms with van der Waals surface area (Å²) in [7, 11) is 2.91. The number of aliphatic hydroxyl groups is 1. The highest BCUT2D eigenvalue weighted by Crippen LogP contribution is 2.39. The Morgan fingerprint density at radius 2 is 1.12 bits per heavy atom. The Hall–Kier alpha value is -5.14. The average Bonchev–Trinajstić information content (AvgIpc) is 3.72. The monoisotopic (exact) mass is 983 g/mol. The highest BCUT2D eigenvalue weighted by Gasteiger charge is 2.40.